The van der Waals surface area contributed by atoms with E-state index in [2.05, 4.69) is 30.5 Å². The molecule has 0 saturated heterocycles. The molecular weight excluding hydrogens is 494 g/mol. The first kappa shape index (κ1) is 24.2. The van der Waals surface area contributed by atoms with Crippen molar-refractivity contribution in [2.45, 2.75) is 12.5 Å². The maximum absolute atomic E-state index is 14.7. The predicted octanol–water partition coefficient (Wildman–Crippen LogP) is 3.89. The van der Waals surface area contributed by atoms with Gasteiger partial charge in [-0.05, 0) is 18.2 Å². The highest BCUT2D eigenvalue weighted by Crippen LogP contribution is 2.31. The average Bonchev–Trinajstić information content (AvgIpc) is 3.44. The van der Waals surface area contributed by atoms with E-state index in [1.807, 2.05) is 0 Å². The standard InChI is InChI=1S/C20H18ClF4N9O/c1-33-18(12(8-30-33)17-27-4-2-16(26)31-17)35-10-20(24,25)9-29-14-6-15(21)28-7-11(14)13-3-5-34(32-13)19(22)23/h2-8,19H,9-10H2,1H3,(H,28,29)(H2,26,27,31). The Balaban J connectivity index is 1.48. The van der Waals surface area contributed by atoms with Gasteiger partial charge in [-0.15, -0.1) is 0 Å². The molecule has 0 saturated carbocycles. The van der Waals surface area contributed by atoms with Gasteiger partial charge in [-0.1, -0.05) is 11.6 Å². The largest absolute Gasteiger partial charge is 0.471 e. The van der Waals surface area contributed by atoms with Crippen LogP contribution in [0, 0.1) is 0 Å². The van der Waals surface area contributed by atoms with E-state index in [0.717, 1.165) is 6.20 Å². The number of nitrogens with zero attached hydrogens (tertiary/aromatic N) is 7. The number of nitrogen functional groups attached to an aromatic ring is 1. The Labute approximate surface area is 200 Å². The number of nitrogens with two attached hydrogens (primary N) is 1. The molecular formula is C20H18ClF4N9O. The van der Waals surface area contributed by atoms with Gasteiger partial charge in [-0.2, -0.15) is 19.0 Å². The van der Waals surface area contributed by atoms with Crippen LogP contribution in [-0.4, -0.2) is 53.6 Å². The van der Waals surface area contributed by atoms with Crippen LogP contribution in [0.15, 0.2) is 43.0 Å². The van der Waals surface area contributed by atoms with Crippen LogP contribution in [0.2, 0.25) is 5.15 Å². The van der Waals surface area contributed by atoms with Gasteiger partial charge >= 0.3 is 6.55 Å². The summed E-state index contributed by atoms with van der Waals surface area (Å²) in [6, 6.07) is 4.09. The van der Waals surface area contributed by atoms with Crippen molar-refractivity contribution >= 4 is 23.1 Å². The van der Waals surface area contributed by atoms with Gasteiger partial charge in [0.15, 0.2) is 12.4 Å². The zero-order chi connectivity index (χ0) is 25.2. The van der Waals surface area contributed by atoms with E-state index in [4.69, 9.17) is 22.1 Å². The van der Waals surface area contributed by atoms with Crippen LogP contribution in [0.25, 0.3) is 22.6 Å². The second-order valence-electron chi connectivity index (χ2n) is 7.30. The number of hydrogen-bond donors (Lipinski definition) is 2. The normalized spacial score (nSPS) is 11.7. The van der Waals surface area contributed by atoms with Crippen molar-refractivity contribution < 1.29 is 22.3 Å². The van der Waals surface area contributed by atoms with E-state index in [9.17, 15) is 17.6 Å². The molecule has 15 heteroatoms. The molecule has 0 unspecified atom stereocenters. The van der Waals surface area contributed by atoms with Crippen LogP contribution >= 0.6 is 11.6 Å². The minimum Gasteiger partial charge on any atom is -0.471 e. The van der Waals surface area contributed by atoms with Gasteiger partial charge in [-0.25, -0.2) is 33.1 Å². The lowest BCUT2D eigenvalue weighted by Crippen LogP contribution is -2.34. The Hall–Kier alpha value is -3.94. The molecule has 0 radical (unpaired) electrons. The molecule has 35 heavy (non-hydrogen) atoms. The summed E-state index contributed by atoms with van der Waals surface area (Å²) in [5, 5.41) is 10.3. The molecule has 3 N–H and O–H groups in total. The van der Waals surface area contributed by atoms with E-state index < -0.39 is 25.6 Å². The molecule has 0 atom stereocenters. The smallest absolute Gasteiger partial charge is 0.333 e. The number of nitrogens with one attached hydrogen (secondary N) is 1. The van der Waals surface area contributed by atoms with E-state index in [1.165, 1.54) is 48.5 Å². The summed E-state index contributed by atoms with van der Waals surface area (Å²) in [4.78, 5) is 12.0. The Kier molecular flexibility index (Phi) is 6.73. The van der Waals surface area contributed by atoms with Crippen LogP contribution in [0.4, 0.5) is 29.1 Å². The molecule has 0 aromatic carbocycles. The minimum atomic E-state index is -3.37. The number of halogens is 5. The van der Waals surface area contributed by atoms with Crippen molar-refractivity contribution in [3.05, 3.63) is 48.1 Å². The summed E-state index contributed by atoms with van der Waals surface area (Å²) in [6.45, 7) is -4.72. The summed E-state index contributed by atoms with van der Waals surface area (Å²) < 4.78 is 62.3. The monoisotopic (exact) mass is 511 g/mol. The Bertz CT molecular complexity index is 1330. The third-order valence-electron chi connectivity index (χ3n) is 4.71. The minimum absolute atomic E-state index is 0.0192. The fourth-order valence-corrected chi connectivity index (χ4v) is 3.23. The second-order valence-corrected chi connectivity index (χ2v) is 7.69. The van der Waals surface area contributed by atoms with Crippen LogP contribution in [0.1, 0.15) is 6.55 Å². The third-order valence-corrected chi connectivity index (χ3v) is 4.92. The fraction of sp³-hybridized carbons (Fsp3) is 0.250. The van der Waals surface area contributed by atoms with E-state index in [1.54, 1.807) is 0 Å². The van der Waals surface area contributed by atoms with Crippen molar-refractivity contribution in [2.24, 2.45) is 7.05 Å². The Morgan fingerprint density at radius 2 is 2.00 bits per heavy atom. The number of hydrogen-bond acceptors (Lipinski definition) is 8. The van der Waals surface area contributed by atoms with Gasteiger partial charge in [0.05, 0.1) is 18.4 Å². The lowest BCUT2D eigenvalue weighted by Gasteiger charge is -2.20. The maximum atomic E-state index is 14.7. The molecule has 4 rings (SSSR count). The Morgan fingerprint density at radius 3 is 2.71 bits per heavy atom. The highest BCUT2D eigenvalue weighted by Gasteiger charge is 2.32. The first-order chi connectivity index (χ1) is 16.6. The molecule has 184 valence electrons. The summed E-state index contributed by atoms with van der Waals surface area (Å²) in [7, 11) is 1.52. The molecule has 10 nitrogen and oxygen atoms in total. The molecule has 4 heterocycles. The van der Waals surface area contributed by atoms with E-state index >= 15 is 0 Å². The molecule has 0 bridgehead atoms. The zero-order valence-electron chi connectivity index (χ0n) is 18.0. The van der Waals surface area contributed by atoms with Gasteiger partial charge in [0.25, 0.3) is 5.92 Å². The summed E-state index contributed by atoms with van der Waals surface area (Å²) in [5.74, 6) is -2.97. The predicted molar refractivity (Wildman–Crippen MR) is 119 cm³/mol. The number of aromatic nitrogens is 7. The topological polar surface area (TPSA) is 122 Å². The number of ether oxygens (including phenoxy) is 1. The van der Waals surface area contributed by atoms with Crippen LogP contribution in [0.3, 0.4) is 0 Å². The molecule has 0 fully saturated rings. The molecule has 0 aliphatic rings. The lowest BCUT2D eigenvalue weighted by atomic mass is 10.1. The maximum Gasteiger partial charge on any atom is 0.333 e. The first-order valence-electron chi connectivity index (χ1n) is 9.97. The highest BCUT2D eigenvalue weighted by atomic mass is 35.5. The van der Waals surface area contributed by atoms with Gasteiger partial charge < -0.3 is 15.8 Å². The molecule has 4 aromatic rings. The summed E-state index contributed by atoms with van der Waals surface area (Å²) in [6.07, 6.45) is 5.13. The molecule has 0 amide bonds. The SMILES string of the molecule is Cn1ncc(-c2nccc(N)n2)c1OCC(F)(F)CNc1cc(Cl)ncc1-c1ccn(C(F)F)n1. The number of aryl methyl sites for hydroxylation is 1. The zero-order valence-corrected chi connectivity index (χ0v) is 18.8. The van der Waals surface area contributed by atoms with Crippen LogP contribution in [0.5, 0.6) is 5.88 Å². The number of alkyl halides is 4. The first-order valence-corrected chi connectivity index (χ1v) is 10.4. The van der Waals surface area contributed by atoms with Crippen molar-refractivity contribution in [3.63, 3.8) is 0 Å². The van der Waals surface area contributed by atoms with Gasteiger partial charge in [0.1, 0.15) is 16.5 Å². The molecule has 0 aliphatic heterocycles. The lowest BCUT2D eigenvalue weighted by molar-refractivity contribution is -0.0303. The van der Waals surface area contributed by atoms with Gasteiger partial charge in [0, 0.05) is 36.9 Å². The van der Waals surface area contributed by atoms with Crippen molar-refractivity contribution in [3.8, 4) is 28.5 Å². The Morgan fingerprint density at radius 1 is 1.20 bits per heavy atom. The average molecular weight is 512 g/mol. The number of rotatable bonds is 9. The number of pyridine rings is 1. The third kappa shape index (κ3) is 5.59. The van der Waals surface area contributed by atoms with Crippen molar-refractivity contribution in [2.75, 3.05) is 24.2 Å². The van der Waals surface area contributed by atoms with Crippen molar-refractivity contribution in [1.82, 2.24) is 34.5 Å². The van der Waals surface area contributed by atoms with Crippen molar-refractivity contribution in [1.29, 1.82) is 0 Å². The quantitative estimate of drug-likeness (QED) is 0.256. The second kappa shape index (κ2) is 9.74. The molecule has 0 spiro atoms. The summed E-state index contributed by atoms with van der Waals surface area (Å²) in [5.41, 5.74) is 6.43. The number of anilines is 2. The van der Waals surface area contributed by atoms with E-state index in [0.29, 0.717) is 10.2 Å². The van der Waals surface area contributed by atoms with Crippen LogP contribution in [-0.2, 0) is 7.05 Å². The van der Waals surface area contributed by atoms with Crippen LogP contribution < -0.4 is 15.8 Å². The van der Waals surface area contributed by atoms with Gasteiger partial charge in [0.2, 0.25) is 5.88 Å². The molecule has 0 aliphatic carbocycles. The molecule has 4 aromatic heterocycles. The van der Waals surface area contributed by atoms with Gasteiger partial charge in [-0.3, -0.25) is 0 Å². The highest BCUT2D eigenvalue weighted by molar-refractivity contribution is 6.29. The summed E-state index contributed by atoms with van der Waals surface area (Å²) >= 11 is 5.90. The fourth-order valence-electron chi connectivity index (χ4n) is 3.07. The van der Waals surface area contributed by atoms with E-state index in [-0.39, 0.29) is 39.6 Å².